The predicted molar refractivity (Wildman–Crippen MR) is 112 cm³/mol. The second-order valence-corrected chi connectivity index (χ2v) is 6.64. The van der Waals surface area contributed by atoms with E-state index in [2.05, 4.69) is 21.6 Å². The zero-order chi connectivity index (χ0) is 20.8. The lowest BCUT2D eigenvalue weighted by atomic mass is 10.1. The number of hydrogen-bond acceptors (Lipinski definition) is 5. The second kappa shape index (κ2) is 8.97. The van der Waals surface area contributed by atoms with Gasteiger partial charge in [-0.1, -0.05) is 29.5 Å². The van der Waals surface area contributed by atoms with Gasteiger partial charge in [0.25, 0.3) is 0 Å². The van der Waals surface area contributed by atoms with Crippen LogP contribution < -0.4 is 10.1 Å². The molecule has 2 N–H and O–H groups in total. The summed E-state index contributed by atoms with van der Waals surface area (Å²) in [6.07, 6.45) is 0. The lowest BCUT2D eigenvalue weighted by Gasteiger charge is -2.15. The lowest BCUT2D eigenvalue weighted by molar-refractivity contribution is 0.220. The van der Waals surface area contributed by atoms with Gasteiger partial charge in [0.1, 0.15) is 12.4 Å². The number of nitrogens with zero attached hydrogens (tertiary/aromatic N) is 3. The molecule has 3 aromatic rings. The van der Waals surface area contributed by atoms with E-state index in [1.54, 1.807) is 6.07 Å². The zero-order valence-electron chi connectivity index (χ0n) is 16.6. The van der Waals surface area contributed by atoms with Crippen LogP contribution in [0.4, 0.5) is 10.5 Å². The largest absolute Gasteiger partial charge is 0.489 e. The first-order chi connectivity index (χ1) is 14.0. The third kappa shape index (κ3) is 4.95. The molecule has 7 heteroatoms. The number of carbonyl (C=O) groups excluding carboxylic acids is 1. The number of rotatable bonds is 6. The van der Waals surface area contributed by atoms with Gasteiger partial charge in [-0.15, -0.1) is 0 Å². The molecule has 7 nitrogen and oxygen atoms in total. The standard InChI is InChI=1S/C22H23N5O2/c1-15-13-17(19-10-6-7-16(2)24-19)11-12-21(15)29-14-18-8-4-5-9-20(18)25-22(28)27(3)26-23/h4-13,23H,14H2,1-3H3,(H,25,28). The monoisotopic (exact) mass is 389 g/mol. The van der Waals surface area contributed by atoms with Gasteiger partial charge in [0, 0.05) is 29.6 Å². The fourth-order valence-corrected chi connectivity index (χ4v) is 2.84. The molecule has 2 aromatic carbocycles. The Bertz CT molecular complexity index is 1040. The van der Waals surface area contributed by atoms with Gasteiger partial charge in [-0.05, 0) is 55.8 Å². The molecule has 3 rings (SSSR count). The number of amides is 2. The molecule has 2 amide bonds. The summed E-state index contributed by atoms with van der Waals surface area (Å²) in [6, 6.07) is 18.8. The SMILES string of the molecule is Cc1cccc(-c2ccc(OCc3ccccc3NC(=O)N(C)N=N)c(C)c2)n1. The van der Waals surface area contributed by atoms with Gasteiger partial charge in [0.15, 0.2) is 0 Å². The highest BCUT2D eigenvalue weighted by Gasteiger charge is 2.11. The van der Waals surface area contributed by atoms with Crippen LogP contribution in [0.1, 0.15) is 16.8 Å². The third-order valence-corrected chi connectivity index (χ3v) is 4.45. The van der Waals surface area contributed by atoms with Gasteiger partial charge in [-0.2, -0.15) is 10.5 Å². The summed E-state index contributed by atoms with van der Waals surface area (Å²) in [4.78, 5) is 16.5. The van der Waals surface area contributed by atoms with Gasteiger partial charge in [-0.3, -0.25) is 4.98 Å². The Kier molecular flexibility index (Phi) is 6.19. The smallest absolute Gasteiger partial charge is 0.343 e. The Morgan fingerprint density at radius 1 is 1.14 bits per heavy atom. The van der Waals surface area contributed by atoms with Crippen LogP contribution in [0.3, 0.4) is 0 Å². The van der Waals surface area contributed by atoms with Crippen molar-refractivity contribution < 1.29 is 9.53 Å². The maximum atomic E-state index is 12.0. The number of ether oxygens (including phenoxy) is 1. The van der Waals surface area contributed by atoms with Gasteiger partial charge in [-0.25, -0.2) is 4.79 Å². The van der Waals surface area contributed by atoms with Crippen molar-refractivity contribution in [2.75, 3.05) is 12.4 Å². The average molecular weight is 389 g/mol. The molecule has 0 atom stereocenters. The van der Waals surface area contributed by atoms with E-state index in [9.17, 15) is 4.79 Å². The number of nitrogens with one attached hydrogen (secondary N) is 2. The van der Waals surface area contributed by atoms with E-state index < -0.39 is 6.03 Å². The van der Waals surface area contributed by atoms with Crippen LogP contribution in [0.25, 0.3) is 11.3 Å². The highest BCUT2D eigenvalue weighted by Crippen LogP contribution is 2.27. The summed E-state index contributed by atoms with van der Waals surface area (Å²) >= 11 is 0. The van der Waals surface area contributed by atoms with E-state index >= 15 is 0 Å². The maximum Gasteiger partial charge on any atom is 0.343 e. The van der Waals surface area contributed by atoms with Crippen LogP contribution in [0.15, 0.2) is 65.9 Å². The number of carbonyl (C=O) groups is 1. The highest BCUT2D eigenvalue weighted by atomic mass is 16.5. The van der Waals surface area contributed by atoms with Crippen molar-refractivity contribution in [3.63, 3.8) is 0 Å². The van der Waals surface area contributed by atoms with Gasteiger partial charge in [0.05, 0.1) is 5.69 Å². The van der Waals surface area contributed by atoms with Crippen LogP contribution in [0.2, 0.25) is 0 Å². The van der Waals surface area contributed by atoms with Crippen LogP contribution in [0, 0.1) is 19.4 Å². The zero-order valence-corrected chi connectivity index (χ0v) is 16.6. The van der Waals surface area contributed by atoms with Gasteiger partial charge < -0.3 is 10.1 Å². The summed E-state index contributed by atoms with van der Waals surface area (Å²) in [7, 11) is 1.41. The minimum Gasteiger partial charge on any atom is -0.489 e. The van der Waals surface area contributed by atoms with Crippen LogP contribution in [-0.4, -0.2) is 23.1 Å². The molecule has 0 unspecified atom stereocenters. The van der Waals surface area contributed by atoms with E-state index in [1.165, 1.54) is 7.05 Å². The summed E-state index contributed by atoms with van der Waals surface area (Å²) in [5.41, 5.74) is 12.3. The van der Waals surface area contributed by atoms with E-state index in [1.807, 2.05) is 62.4 Å². The molecule has 0 bridgehead atoms. The summed E-state index contributed by atoms with van der Waals surface area (Å²) in [5.74, 6) is 0.765. The first kappa shape index (κ1) is 20.0. The third-order valence-electron chi connectivity index (χ3n) is 4.45. The Hall–Kier alpha value is -3.74. The normalized spacial score (nSPS) is 10.3. The summed E-state index contributed by atoms with van der Waals surface area (Å²) < 4.78 is 6.00. The molecule has 0 spiro atoms. The Morgan fingerprint density at radius 3 is 2.66 bits per heavy atom. The summed E-state index contributed by atoms with van der Waals surface area (Å²) in [6.45, 7) is 4.26. The van der Waals surface area contributed by atoms with Crippen molar-refractivity contribution in [3.8, 4) is 17.0 Å². The number of aryl methyl sites for hydroxylation is 2. The first-order valence-electron chi connectivity index (χ1n) is 9.15. The van der Waals surface area contributed by atoms with Crippen molar-refractivity contribution in [2.45, 2.75) is 20.5 Å². The number of pyridine rings is 1. The molecule has 0 saturated carbocycles. The number of para-hydroxylation sites is 1. The van der Waals surface area contributed by atoms with Crippen molar-refractivity contribution in [1.29, 1.82) is 5.53 Å². The minimum absolute atomic E-state index is 0.293. The summed E-state index contributed by atoms with van der Waals surface area (Å²) in [5, 5.41) is 6.74. The molecule has 0 fully saturated rings. The average Bonchev–Trinajstić information content (AvgIpc) is 2.73. The maximum absolute atomic E-state index is 12.0. The number of aromatic nitrogens is 1. The topological polar surface area (TPSA) is 90.7 Å². The number of urea groups is 1. The molecule has 0 aliphatic heterocycles. The highest BCUT2D eigenvalue weighted by molar-refractivity contribution is 5.89. The molecule has 0 saturated heterocycles. The lowest BCUT2D eigenvalue weighted by Crippen LogP contribution is -2.26. The van der Waals surface area contributed by atoms with Crippen LogP contribution >= 0.6 is 0 Å². The fourth-order valence-electron chi connectivity index (χ4n) is 2.84. The molecule has 0 aliphatic carbocycles. The minimum atomic E-state index is -0.487. The number of hydrogen-bond donors (Lipinski definition) is 2. The quantitative estimate of drug-likeness (QED) is 0.439. The van der Waals surface area contributed by atoms with Crippen LogP contribution in [-0.2, 0) is 6.61 Å². The van der Waals surface area contributed by atoms with Gasteiger partial charge in [0.2, 0.25) is 0 Å². The van der Waals surface area contributed by atoms with Crippen molar-refractivity contribution in [2.24, 2.45) is 5.22 Å². The molecular weight excluding hydrogens is 366 g/mol. The van der Waals surface area contributed by atoms with Crippen molar-refractivity contribution in [1.82, 2.24) is 9.99 Å². The first-order valence-corrected chi connectivity index (χ1v) is 9.15. The molecule has 148 valence electrons. The van der Waals surface area contributed by atoms with Crippen LogP contribution in [0.5, 0.6) is 5.75 Å². The number of benzene rings is 2. The van der Waals surface area contributed by atoms with E-state index in [0.29, 0.717) is 12.3 Å². The molecular formula is C22H23N5O2. The van der Waals surface area contributed by atoms with E-state index in [4.69, 9.17) is 10.3 Å². The molecule has 1 aromatic heterocycles. The fraction of sp³-hybridized carbons (Fsp3) is 0.182. The molecule has 1 heterocycles. The Labute approximate surface area is 169 Å². The van der Waals surface area contributed by atoms with Gasteiger partial charge >= 0.3 is 6.03 Å². The van der Waals surface area contributed by atoms with Crippen molar-refractivity contribution >= 4 is 11.7 Å². The Morgan fingerprint density at radius 2 is 1.93 bits per heavy atom. The number of anilines is 1. The molecule has 0 radical (unpaired) electrons. The molecule has 0 aliphatic rings. The van der Waals surface area contributed by atoms with E-state index in [0.717, 1.165) is 38.8 Å². The van der Waals surface area contributed by atoms with E-state index in [-0.39, 0.29) is 0 Å². The Balaban J connectivity index is 1.74. The predicted octanol–water partition coefficient (Wildman–Crippen LogP) is 5.35. The second-order valence-electron chi connectivity index (χ2n) is 6.64. The van der Waals surface area contributed by atoms with Crippen molar-refractivity contribution in [3.05, 3.63) is 77.5 Å². The molecule has 29 heavy (non-hydrogen) atoms.